The number of likely N-dealkylation sites (N-methyl/N-ethyl adjacent to an activating group) is 1. The van der Waals surface area contributed by atoms with E-state index in [9.17, 15) is 5.11 Å². The maximum atomic E-state index is 10.2. The summed E-state index contributed by atoms with van der Waals surface area (Å²) in [5.74, 6) is 0.796. The van der Waals surface area contributed by atoms with Crippen LogP contribution in [0.1, 0.15) is 5.56 Å². The van der Waals surface area contributed by atoms with E-state index in [1.54, 1.807) is 0 Å². The molecule has 0 spiro atoms. The van der Waals surface area contributed by atoms with E-state index in [1.807, 2.05) is 48.5 Å². The van der Waals surface area contributed by atoms with Crippen LogP contribution in [0.4, 0.5) is 0 Å². The zero-order chi connectivity index (χ0) is 15.1. The van der Waals surface area contributed by atoms with E-state index in [0.29, 0.717) is 13.2 Å². The summed E-state index contributed by atoms with van der Waals surface area (Å²) in [6.07, 6.45) is -0.482. The van der Waals surface area contributed by atoms with Gasteiger partial charge in [0.1, 0.15) is 31.5 Å². The van der Waals surface area contributed by atoms with Crippen molar-refractivity contribution in [2.45, 2.75) is 12.6 Å². The van der Waals surface area contributed by atoms with Gasteiger partial charge in [0.05, 0.1) is 14.1 Å². The lowest BCUT2D eigenvalue weighted by molar-refractivity contribution is -0.906. The second kappa shape index (κ2) is 7.25. The number of aliphatic hydroxyl groups excluding tert-OH is 1. The predicted octanol–water partition coefficient (Wildman–Crippen LogP) is 2.70. The summed E-state index contributed by atoms with van der Waals surface area (Å²) >= 11 is 0. The molecule has 1 N–H and O–H groups in total. The average molecular weight is 286 g/mol. The Labute approximate surface area is 127 Å². The van der Waals surface area contributed by atoms with Crippen LogP contribution in [0.2, 0.25) is 0 Å². The quantitative estimate of drug-likeness (QED) is 0.793. The molecule has 3 nitrogen and oxygen atoms in total. The number of rotatable bonds is 7. The molecule has 2 aromatic rings. The highest BCUT2D eigenvalue weighted by atomic mass is 16.5. The van der Waals surface area contributed by atoms with E-state index in [-0.39, 0.29) is 0 Å². The van der Waals surface area contributed by atoms with Crippen LogP contribution in [0.5, 0.6) is 5.75 Å². The minimum Gasteiger partial charge on any atom is -0.491 e. The number of para-hydroxylation sites is 1. The van der Waals surface area contributed by atoms with Crippen LogP contribution in [-0.4, -0.2) is 42.9 Å². The zero-order valence-corrected chi connectivity index (χ0v) is 12.8. The molecule has 0 aliphatic rings. The van der Waals surface area contributed by atoms with Crippen molar-refractivity contribution in [3.8, 4) is 5.75 Å². The molecule has 112 valence electrons. The number of quaternary nitrogens is 1. The highest BCUT2D eigenvalue weighted by Gasteiger charge is 2.21. The summed E-state index contributed by atoms with van der Waals surface area (Å²) in [5, 5.41) is 10.2. The summed E-state index contributed by atoms with van der Waals surface area (Å²) in [7, 11) is 4.25. The van der Waals surface area contributed by atoms with Gasteiger partial charge in [-0.2, -0.15) is 0 Å². The minimum atomic E-state index is -0.482. The number of ether oxygens (including phenoxy) is 1. The maximum absolute atomic E-state index is 10.2. The standard InChI is InChI=1S/C18H24NO2/c1-19(2,13-16-9-5-3-6-10-16)14-17(20)15-21-18-11-7-4-8-12-18/h3-12,17,20H,13-15H2,1-2H3/q+1/t17-/m1/s1. The van der Waals surface area contributed by atoms with Gasteiger partial charge in [0, 0.05) is 5.56 Å². The Morgan fingerprint density at radius 3 is 2.14 bits per heavy atom. The minimum absolute atomic E-state index is 0.320. The highest BCUT2D eigenvalue weighted by Crippen LogP contribution is 2.12. The van der Waals surface area contributed by atoms with Crippen molar-refractivity contribution >= 4 is 0 Å². The van der Waals surface area contributed by atoms with Crippen LogP contribution in [0.15, 0.2) is 60.7 Å². The van der Waals surface area contributed by atoms with Gasteiger partial charge in [-0.3, -0.25) is 0 Å². The van der Waals surface area contributed by atoms with E-state index < -0.39 is 6.10 Å². The first kappa shape index (κ1) is 15.5. The molecule has 0 radical (unpaired) electrons. The number of nitrogens with zero attached hydrogens (tertiary/aromatic N) is 1. The maximum Gasteiger partial charge on any atom is 0.137 e. The number of benzene rings is 2. The summed E-state index contributed by atoms with van der Waals surface area (Å²) in [5.41, 5.74) is 1.28. The van der Waals surface area contributed by atoms with Crippen molar-refractivity contribution in [2.24, 2.45) is 0 Å². The molecule has 0 unspecified atom stereocenters. The monoisotopic (exact) mass is 286 g/mol. The number of hydrogen-bond donors (Lipinski definition) is 1. The molecule has 0 aromatic heterocycles. The summed E-state index contributed by atoms with van der Waals surface area (Å²) in [6, 6.07) is 19.9. The van der Waals surface area contributed by atoms with Crippen LogP contribution in [-0.2, 0) is 6.54 Å². The predicted molar refractivity (Wildman–Crippen MR) is 85.1 cm³/mol. The molecule has 21 heavy (non-hydrogen) atoms. The lowest BCUT2D eigenvalue weighted by Crippen LogP contribution is -2.46. The molecular formula is C18H24NO2+. The van der Waals surface area contributed by atoms with E-state index in [0.717, 1.165) is 16.8 Å². The van der Waals surface area contributed by atoms with Gasteiger partial charge in [0.2, 0.25) is 0 Å². The molecule has 0 aliphatic heterocycles. The number of hydrogen-bond acceptors (Lipinski definition) is 2. The van der Waals surface area contributed by atoms with E-state index in [2.05, 4.69) is 26.2 Å². The SMILES string of the molecule is C[N+](C)(Cc1ccccc1)C[C@@H](O)COc1ccccc1. The van der Waals surface area contributed by atoms with Crippen molar-refractivity contribution in [2.75, 3.05) is 27.2 Å². The fourth-order valence-electron chi connectivity index (χ4n) is 2.47. The third-order valence-corrected chi connectivity index (χ3v) is 3.34. The fraction of sp³-hybridized carbons (Fsp3) is 0.333. The molecule has 2 rings (SSSR count). The molecule has 3 heteroatoms. The Bertz CT molecular complexity index is 525. The third-order valence-electron chi connectivity index (χ3n) is 3.34. The molecule has 1 atom stereocenters. The molecule has 2 aromatic carbocycles. The average Bonchev–Trinajstić information content (AvgIpc) is 2.46. The van der Waals surface area contributed by atoms with Crippen molar-refractivity contribution in [1.29, 1.82) is 0 Å². The van der Waals surface area contributed by atoms with Gasteiger partial charge in [-0.25, -0.2) is 0 Å². The van der Waals surface area contributed by atoms with Gasteiger partial charge in [-0.05, 0) is 12.1 Å². The fourth-order valence-corrected chi connectivity index (χ4v) is 2.47. The van der Waals surface area contributed by atoms with Crippen molar-refractivity contribution in [3.63, 3.8) is 0 Å². The normalized spacial score (nSPS) is 12.9. The molecule has 0 bridgehead atoms. The van der Waals surface area contributed by atoms with Crippen molar-refractivity contribution < 1.29 is 14.3 Å². The lowest BCUT2D eigenvalue weighted by Gasteiger charge is -2.31. The first-order chi connectivity index (χ1) is 10.1. The first-order valence-electron chi connectivity index (χ1n) is 7.27. The van der Waals surface area contributed by atoms with E-state index >= 15 is 0 Å². The smallest absolute Gasteiger partial charge is 0.137 e. The van der Waals surface area contributed by atoms with Crippen LogP contribution in [0.25, 0.3) is 0 Å². The van der Waals surface area contributed by atoms with E-state index in [1.165, 1.54) is 5.56 Å². The Hall–Kier alpha value is -1.84. The van der Waals surface area contributed by atoms with Gasteiger partial charge in [0.15, 0.2) is 0 Å². The molecule has 0 amide bonds. The van der Waals surface area contributed by atoms with Gasteiger partial charge in [-0.1, -0.05) is 48.5 Å². The lowest BCUT2D eigenvalue weighted by atomic mass is 10.2. The molecule has 0 heterocycles. The summed E-state index contributed by atoms with van der Waals surface area (Å²) < 4.78 is 6.33. The molecule has 0 saturated carbocycles. The Morgan fingerprint density at radius 2 is 1.52 bits per heavy atom. The second-order valence-corrected chi connectivity index (χ2v) is 6.04. The van der Waals surface area contributed by atoms with Gasteiger partial charge in [-0.15, -0.1) is 0 Å². The van der Waals surface area contributed by atoms with Crippen LogP contribution in [0.3, 0.4) is 0 Å². The molecule has 0 aliphatic carbocycles. The largest absolute Gasteiger partial charge is 0.491 e. The Morgan fingerprint density at radius 1 is 0.952 bits per heavy atom. The third kappa shape index (κ3) is 5.58. The van der Waals surface area contributed by atoms with Crippen LogP contribution in [0, 0.1) is 0 Å². The second-order valence-electron chi connectivity index (χ2n) is 6.04. The van der Waals surface area contributed by atoms with Crippen molar-refractivity contribution in [1.82, 2.24) is 0 Å². The summed E-state index contributed by atoms with van der Waals surface area (Å²) in [4.78, 5) is 0. The zero-order valence-electron chi connectivity index (χ0n) is 12.8. The topological polar surface area (TPSA) is 29.5 Å². The molecular weight excluding hydrogens is 262 g/mol. The Balaban J connectivity index is 1.82. The highest BCUT2D eigenvalue weighted by molar-refractivity contribution is 5.20. The van der Waals surface area contributed by atoms with Gasteiger partial charge < -0.3 is 14.3 Å². The Kier molecular flexibility index (Phi) is 5.37. The van der Waals surface area contributed by atoms with Gasteiger partial charge in [0.25, 0.3) is 0 Å². The van der Waals surface area contributed by atoms with Crippen LogP contribution < -0.4 is 4.74 Å². The number of aliphatic hydroxyl groups is 1. The van der Waals surface area contributed by atoms with Crippen LogP contribution >= 0.6 is 0 Å². The molecule has 0 saturated heterocycles. The first-order valence-corrected chi connectivity index (χ1v) is 7.27. The summed E-state index contributed by atoms with van der Waals surface area (Å²) in [6.45, 7) is 1.87. The molecule has 0 fully saturated rings. The van der Waals surface area contributed by atoms with Crippen molar-refractivity contribution in [3.05, 3.63) is 66.2 Å². The van der Waals surface area contributed by atoms with Gasteiger partial charge >= 0.3 is 0 Å². The van der Waals surface area contributed by atoms with E-state index in [4.69, 9.17) is 4.74 Å².